The van der Waals surface area contributed by atoms with Crippen molar-refractivity contribution in [3.8, 4) is 6.07 Å². The van der Waals surface area contributed by atoms with E-state index in [0.717, 1.165) is 7.11 Å². The number of rotatable bonds is 2. The summed E-state index contributed by atoms with van der Waals surface area (Å²) in [5.41, 5.74) is -3.10. The van der Waals surface area contributed by atoms with Gasteiger partial charge in [-0.1, -0.05) is 30.3 Å². The van der Waals surface area contributed by atoms with Crippen LogP contribution >= 0.6 is 0 Å². The van der Waals surface area contributed by atoms with Gasteiger partial charge in [-0.2, -0.15) is 18.4 Å². The molecule has 1 rings (SSSR count). The quantitative estimate of drug-likeness (QED) is 0.759. The summed E-state index contributed by atoms with van der Waals surface area (Å²) in [7, 11) is 0.865. The van der Waals surface area contributed by atoms with Gasteiger partial charge in [0.1, 0.15) is 6.07 Å². The van der Waals surface area contributed by atoms with Gasteiger partial charge in [-0.25, -0.2) is 0 Å². The van der Waals surface area contributed by atoms with Crippen LogP contribution in [0.4, 0.5) is 13.2 Å². The molecule has 5 heteroatoms. The Labute approximate surface area is 84.9 Å². The van der Waals surface area contributed by atoms with Gasteiger partial charge in [0.15, 0.2) is 0 Å². The van der Waals surface area contributed by atoms with E-state index < -0.39 is 11.8 Å². The molecule has 0 aliphatic rings. The second-order valence-corrected chi connectivity index (χ2v) is 2.86. The predicted molar refractivity (Wildman–Crippen MR) is 46.8 cm³/mol. The SMILES string of the molecule is CO[C@](C#N)(c1ccccc1)C(F)(F)F. The fourth-order valence-electron chi connectivity index (χ4n) is 1.24. The Kier molecular flexibility index (Phi) is 3.01. The maximum atomic E-state index is 12.7. The molecular weight excluding hydrogens is 207 g/mol. The number of methoxy groups -OCH3 is 1. The monoisotopic (exact) mass is 215 g/mol. The molecule has 0 saturated carbocycles. The highest BCUT2D eigenvalue weighted by atomic mass is 19.4. The van der Waals surface area contributed by atoms with Crippen molar-refractivity contribution in [3.63, 3.8) is 0 Å². The van der Waals surface area contributed by atoms with Crippen LogP contribution in [0.2, 0.25) is 0 Å². The zero-order valence-corrected chi connectivity index (χ0v) is 7.88. The molecule has 0 aromatic heterocycles. The Hall–Kier alpha value is -1.54. The van der Waals surface area contributed by atoms with E-state index in [-0.39, 0.29) is 5.56 Å². The molecule has 1 aromatic carbocycles. The van der Waals surface area contributed by atoms with E-state index in [1.54, 1.807) is 6.07 Å². The van der Waals surface area contributed by atoms with E-state index in [0.29, 0.717) is 0 Å². The highest BCUT2D eigenvalue weighted by Crippen LogP contribution is 2.41. The van der Waals surface area contributed by atoms with Crippen LogP contribution in [0.5, 0.6) is 0 Å². The first kappa shape index (κ1) is 11.5. The minimum absolute atomic E-state index is 0.220. The van der Waals surface area contributed by atoms with E-state index in [2.05, 4.69) is 4.74 Å². The summed E-state index contributed by atoms with van der Waals surface area (Å²) in [6, 6.07) is 8.00. The number of hydrogen-bond donors (Lipinski definition) is 0. The number of nitriles is 1. The van der Waals surface area contributed by atoms with Gasteiger partial charge in [0.05, 0.1) is 0 Å². The van der Waals surface area contributed by atoms with Crippen LogP contribution in [-0.4, -0.2) is 13.3 Å². The van der Waals surface area contributed by atoms with E-state index in [4.69, 9.17) is 5.26 Å². The zero-order valence-electron chi connectivity index (χ0n) is 7.88. The Bertz CT molecular complexity index is 368. The average molecular weight is 215 g/mol. The third kappa shape index (κ3) is 1.81. The molecule has 1 atom stereocenters. The van der Waals surface area contributed by atoms with Crippen molar-refractivity contribution < 1.29 is 17.9 Å². The Morgan fingerprint density at radius 1 is 1.20 bits per heavy atom. The molecule has 0 amide bonds. The van der Waals surface area contributed by atoms with E-state index in [9.17, 15) is 13.2 Å². The Morgan fingerprint density at radius 2 is 1.73 bits per heavy atom. The highest BCUT2D eigenvalue weighted by molar-refractivity contribution is 5.31. The average Bonchev–Trinajstić information content (AvgIpc) is 2.20. The molecule has 1 aromatic rings. The topological polar surface area (TPSA) is 33.0 Å². The van der Waals surface area contributed by atoms with Gasteiger partial charge in [-0.3, -0.25) is 0 Å². The zero-order chi connectivity index (χ0) is 11.5. The van der Waals surface area contributed by atoms with Crippen LogP contribution in [0, 0.1) is 11.3 Å². The van der Waals surface area contributed by atoms with Crippen molar-refractivity contribution in [2.45, 2.75) is 11.8 Å². The normalized spacial score (nSPS) is 15.4. The number of nitrogens with zero attached hydrogens (tertiary/aromatic N) is 1. The molecule has 0 fully saturated rings. The summed E-state index contributed by atoms with van der Waals surface area (Å²) < 4.78 is 42.5. The van der Waals surface area contributed by atoms with Gasteiger partial charge >= 0.3 is 6.18 Å². The molecule has 0 bridgehead atoms. The summed E-state index contributed by atoms with van der Waals surface area (Å²) in [6.45, 7) is 0. The van der Waals surface area contributed by atoms with Gasteiger partial charge in [-0.05, 0) is 0 Å². The lowest BCUT2D eigenvalue weighted by atomic mass is 9.94. The van der Waals surface area contributed by atoms with Crippen LogP contribution in [-0.2, 0) is 10.3 Å². The number of hydrogen-bond acceptors (Lipinski definition) is 2. The lowest BCUT2D eigenvalue weighted by Crippen LogP contribution is -2.42. The molecule has 15 heavy (non-hydrogen) atoms. The molecule has 0 aliphatic heterocycles. The number of halogens is 3. The van der Waals surface area contributed by atoms with Crippen LogP contribution in [0.1, 0.15) is 5.56 Å². The molecule has 2 nitrogen and oxygen atoms in total. The maximum absolute atomic E-state index is 12.7. The number of alkyl halides is 3. The standard InChI is InChI=1S/C10H8F3NO/c1-15-9(7-14,10(11,12)13)8-5-3-2-4-6-8/h2-6H,1H3/t9-/m1/s1. The van der Waals surface area contributed by atoms with Gasteiger partial charge in [0.25, 0.3) is 5.60 Å². The summed E-state index contributed by atoms with van der Waals surface area (Å²) in [5.74, 6) is 0. The van der Waals surface area contributed by atoms with Gasteiger partial charge in [-0.15, -0.1) is 0 Å². The van der Waals surface area contributed by atoms with Gasteiger partial charge < -0.3 is 4.74 Å². The van der Waals surface area contributed by atoms with Gasteiger partial charge in [0.2, 0.25) is 0 Å². The maximum Gasteiger partial charge on any atom is 0.435 e. The van der Waals surface area contributed by atoms with Crippen molar-refractivity contribution in [3.05, 3.63) is 35.9 Å². The van der Waals surface area contributed by atoms with Crippen molar-refractivity contribution in [2.75, 3.05) is 7.11 Å². The van der Waals surface area contributed by atoms with E-state index in [1.165, 1.54) is 30.3 Å². The Morgan fingerprint density at radius 3 is 2.07 bits per heavy atom. The van der Waals surface area contributed by atoms with Crippen molar-refractivity contribution in [2.24, 2.45) is 0 Å². The summed E-state index contributed by atoms with van der Waals surface area (Å²) >= 11 is 0. The molecule has 0 radical (unpaired) electrons. The first-order valence-electron chi connectivity index (χ1n) is 4.06. The van der Waals surface area contributed by atoms with Crippen LogP contribution in [0.25, 0.3) is 0 Å². The molecule has 0 unspecified atom stereocenters. The summed E-state index contributed by atoms with van der Waals surface area (Å²) in [4.78, 5) is 0. The highest BCUT2D eigenvalue weighted by Gasteiger charge is 2.57. The molecular formula is C10H8F3NO. The largest absolute Gasteiger partial charge is 0.435 e. The summed E-state index contributed by atoms with van der Waals surface area (Å²) in [5, 5.41) is 8.67. The minimum Gasteiger partial charge on any atom is -0.352 e. The molecule has 0 saturated heterocycles. The minimum atomic E-state index is -4.77. The van der Waals surface area contributed by atoms with E-state index >= 15 is 0 Å². The smallest absolute Gasteiger partial charge is 0.352 e. The van der Waals surface area contributed by atoms with E-state index in [1.807, 2.05) is 0 Å². The fourth-order valence-corrected chi connectivity index (χ4v) is 1.24. The predicted octanol–water partition coefficient (Wildman–Crippen LogP) is 2.61. The van der Waals surface area contributed by atoms with Crippen molar-refractivity contribution in [1.82, 2.24) is 0 Å². The third-order valence-electron chi connectivity index (χ3n) is 2.04. The first-order chi connectivity index (χ1) is 6.98. The molecule has 0 heterocycles. The number of ether oxygens (including phenoxy) is 1. The lowest BCUT2D eigenvalue weighted by Gasteiger charge is -2.27. The molecule has 80 valence electrons. The Balaban J connectivity index is 3.33. The van der Waals surface area contributed by atoms with Crippen LogP contribution < -0.4 is 0 Å². The second kappa shape index (κ2) is 3.91. The third-order valence-corrected chi connectivity index (χ3v) is 2.04. The van der Waals surface area contributed by atoms with Crippen molar-refractivity contribution >= 4 is 0 Å². The summed E-state index contributed by atoms with van der Waals surface area (Å²) in [6.07, 6.45) is -4.77. The van der Waals surface area contributed by atoms with Crippen molar-refractivity contribution in [1.29, 1.82) is 5.26 Å². The lowest BCUT2D eigenvalue weighted by molar-refractivity contribution is -0.251. The van der Waals surface area contributed by atoms with Crippen LogP contribution in [0.3, 0.4) is 0 Å². The fraction of sp³-hybridized carbons (Fsp3) is 0.300. The number of benzene rings is 1. The molecule has 0 spiro atoms. The second-order valence-electron chi connectivity index (χ2n) is 2.86. The molecule has 0 aliphatic carbocycles. The first-order valence-corrected chi connectivity index (χ1v) is 4.06. The molecule has 0 N–H and O–H groups in total. The van der Waals surface area contributed by atoms with Crippen LogP contribution in [0.15, 0.2) is 30.3 Å². The van der Waals surface area contributed by atoms with Gasteiger partial charge in [0, 0.05) is 12.7 Å².